The van der Waals surface area contributed by atoms with Gasteiger partial charge >= 0.3 is 6.01 Å². The van der Waals surface area contributed by atoms with E-state index in [-0.39, 0.29) is 57.4 Å². The fraction of sp³-hybridized carbons (Fsp3) is 0.314. The van der Waals surface area contributed by atoms with Crippen molar-refractivity contribution in [3.8, 4) is 46.7 Å². The van der Waals surface area contributed by atoms with Crippen LogP contribution in [-0.4, -0.2) is 85.3 Å². The van der Waals surface area contributed by atoms with E-state index in [2.05, 4.69) is 20.8 Å². The first-order valence-corrected chi connectivity index (χ1v) is 15.4. The minimum atomic E-state index is -0.962. The SMILES string of the molecule is C#Cc1c(F)ccc2cc(O)cc(-c3ncc4c(-c5ccc6n5CCN(C)C6=O)nc(OC[C@@]56CCCN5C[C@H](F)C6)nc4c3F)c12. The number of amides is 1. The predicted molar refractivity (Wildman–Crippen MR) is 169 cm³/mol. The molecule has 238 valence electrons. The molecule has 0 aliphatic carbocycles. The number of hydrogen-bond donors (Lipinski definition) is 1. The molecule has 12 heteroatoms. The molecule has 8 rings (SSSR count). The van der Waals surface area contributed by atoms with E-state index in [1.54, 1.807) is 24.1 Å². The molecule has 2 atom stereocenters. The number of aromatic hydroxyl groups is 1. The molecule has 9 nitrogen and oxygen atoms in total. The molecule has 1 amide bonds. The van der Waals surface area contributed by atoms with Crippen LogP contribution in [0.25, 0.3) is 44.3 Å². The number of carbonyl (C=O) groups excluding carboxylic acids is 1. The van der Waals surface area contributed by atoms with E-state index in [1.807, 2.05) is 4.57 Å². The van der Waals surface area contributed by atoms with Crippen molar-refractivity contribution in [1.29, 1.82) is 0 Å². The van der Waals surface area contributed by atoms with Crippen LogP contribution >= 0.6 is 0 Å². The summed E-state index contributed by atoms with van der Waals surface area (Å²) in [4.78, 5) is 30.3. The highest BCUT2D eigenvalue weighted by atomic mass is 19.1. The molecule has 3 aliphatic rings. The van der Waals surface area contributed by atoms with Gasteiger partial charge in [0, 0.05) is 55.6 Å². The Morgan fingerprint density at radius 3 is 2.77 bits per heavy atom. The number of carbonyl (C=O) groups is 1. The van der Waals surface area contributed by atoms with Crippen LogP contribution in [0.1, 0.15) is 35.3 Å². The topological polar surface area (TPSA) is 96.6 Å². The lowest BCUT2D eigenvalue weighted by Crippen LogP contribution is -2.43. The number of alkyl halides is 1. The van der Waals surface area contributed by atoms with Gasteiger partial charge in [0.15, 0.2) is 5.82 Å². The number of likely N-dealkylation sites (N-methyl/N-ethyl adjacent to an activating group) is 1. The van der Waals surface area contributed by atoms with Crippen LogP contribution in [0.15, 0.2) is 42.6 Å². The molecule has 0 bridgehead atoms. The molecule has 0 unspecified atom stereocenters. The van der Waals surface area contributed by atoms with Gasteiger partial charge in [-0.2, -0.15) is 9.97 Å². The molecular formula is C35H29F3N6O3. The molecule has 0 spiro atoms. The number of aromatic nitrogens is 4. The van der Waals surface area contributed by atoms with Gasteiger partial charge in [-0.3, -0.25) is 14.7 Å². The first-order chi connectivity index (χ1) is 22.7. The highest BCUT2D eigenvalue weighted by molar-refractivity contribution is 6.03. The fourth-order valence-corrected chi connectivity index (χ4v) is 7.53. The molecule has 1 N–H and O–H groups in total. The zero-order chi connectivity index (χ0) is 32.6. The van der Waals surface area contributed by atoms with Crippen molar-refractivity contribution in [2.45, 2.75) is 37.5 Å². The average Bonchev–Trinajstić information content (AvgIpc) is 3.74. The molecule has 2 saturated heterocycles. The Labute approximate surface area is 267 Å². The van der Waals surface area contributed by atoms with Crippen molar-refractivity contribution in [3.05, 3.63) is 65.5 Å². The summed E-state index contributed by atoms with van der Waals surface area (Å²) in [6, 6.07) is 8.67. The Hall–Kier alpha value is -5.15. The molecule has 3 aliphatic heterocycles. The summed E-state index contributed by atoms with van der Waals surface area (Å²) in [6.45, 7) is 2.19. The second kappa shape index (κ2) is 10.7. The zero-order valence-corrected chi connectivity index (χ0v) is 25.4. The molecule has 0 saturated carbocycles. The van der Waals surface area contributed by atoms with Crippen molar-refractivity contribution in [3.63, 3.8) is 0 Å². The Morgan fingerprint density at radius 1 is 1.11 bits per heavy atom. The van der Waals surface area contributed by atoms with Gasteiger partial charge in [0.1, 0.15) is 46.9 Å². The summed E-state index contributed by atoms with van der Waals surface area (Å²) >= 11 is 0. The van der Waals surface area contributed by atoms with Crippen molar-refractivity contribution in [1.82, 2.24) is 29.3 Å². The lowest BCUT2D eigenvalue weighted by atomic mass is 9.95. The van der Waals surface area contributed by atoms with E-state index in [1.165, 1.54) is 30.5 Å². The van der Waals surface area contributed by atoms with Crippen LogP contribution in [0.2, 0.25) is 0 Å². The molecule has 3 aromatic heterocycles. The van der Waals surface area contributed by atoms with Crippen LogP contribution < -0.4 is 4.74 Å². The summed E-state index contributed by atoms with van der Waals surface area (Å²) in [5, 5.41) is 11.4. The van der Waals surface area contributed by atoms with Gasteiger partial charge in [-0.1, -0.05) is 12.0 Å². The van der Waals surface area contributed by atoms with Gasteiger partial charge in [-0.15, -0.1) is 6.42 Å². The van der Waals surface area contributed by atoms with Crippen LogP contribution in [0.3, 0.4) is 0 Å². The standard InChI is InChI=1S/C35H29F3N6O3/c1-3-22-25(37)6-5-19-13-21(45)14-23(28(19)22)31-29(38)32-24(16-39-31)30(26-7-8-27-33(46)42(2)11-12-44(26)27)40-34(41-32)47-18-35-9-4-10-43(35)17-20(36)15-35/h1,5-8,13-14,16,20,45H,4,9-12,15,17-18H2,2H3/t20-,35+/m1/s1. The number of phenolic OH excluding ortho intramolecular Hbond substituents is 1. The maximum atomic E-state index is 16.9. The van der Waals surface area contributed by atoms with E-state index in [0.29, 0.717) is 48.5 Å². The third kappa shape index (κ3) is 4.52. The number of nitrogens with zero attached hydrogens (tertiary/aromatic N) is 6. The van der Waals surface area contributed by atoms with Gasteiger partial charge in [-0.25, -0.2) is 13.2 Å². The molecular weight excluding hydrogens is 609 g/mol. The van der Waals surface area contributed by atoms with E-state index >= 15 is 4.39 Å². The van der Waals surface area contributed by atoms with Gasteiger partial charge < -0.3 is 19.3 Å². The summed E-state index contributed by atoms with van der Waals surface area (Å²) in [6.07, 6.45) is 8.13. The van der Waals surface area contributed by atoms with Crippen molar-refractivity contribution >= 4 is 27.6 Å². The summed E-state index contributed by atoms with van der Waals surface area (Å²) in [5.74, 6) is 0.472. The second-order valence-electron chi connectivity index (χ2n) is 12.5. The number of halogens is 3. The maximum absolute atomic E-state index is 16.9. The lowest BCUT2D eigenvalue weighted by molar-refractivity contribution is 0.0750. The summed E-state index contributed by atoms with van der Waals surface area (Å²) in [5.41, 5.74) is 0.477. The maximum Gasteiger partial charge on any atom is 0.317 e. The number of pyridine rings is 1. The van der Waals surface area contributed by atoms with Crippen LogP contribution in [0.4, 0.5) is 13.2 Å². The number of rotatable bonds is 5. The summed E-state index contributed by atoms with van der Waals surface area (Å²) in [7, 11) is 1.73. The number of phenols is 1. The zero-order valence-electron chi connectivity index (χ0n) is 25.4. The lowest BCUT2D eigenvalue weighted by Gasteiger charge is -2.30. The first-order valence-electron chi connectivity index (χ1n) is 15.4. The minimum Gasteiger partial charge on any atom is -0.508 e. The van der Waals surface area contributed by atoms with Crippen molar-refractivity contribution < 1.29 is 27.8 Å². The molecule has 47 heavy (non-hydrogen) atoms. The molecule has 2 aromatic carbocycles. The van der Waals surface area contributed by atoms with Crippen molar-refractivity contribution in [2.24, 2.45) is 0 Å². The molecule has 6 heterocycles. The number of terminal acetylenes is 1. The highest BCUT2D eigenvalue weighted by Gasteiger charge is 2.49. The number of benzene rings is 2. The Kier molecular flexibility index (Phi) is 6.66. The van der Waals surface area contributed by atoms with Crippen LogP contribution in [0.5, 0.6) is 11.8 Å². The Morgan fingerprint density at radius 2 is 1.94 bits per heavy atom. The van der Waals surface area contributed by atoms with Gasteiger partial charge in [-0.05, 0) is 55.1 Å². The molecule has 5 aromatic rings. The largest absolute Gasteiger partial charge is 0.508 e. The van der Waals surface area contributed by atoms with E-state index < -0.39 is 23.3 Å². The molecule has 2 fully saturated rings. The predicted octanol–water partition coefficient (Wildman–Crippen LogP) is 5.32. The quantitative estimate of drug-likeness (QED) is 0.261. The van der Waals surface area contributed by atoms with E-state index in [4.69, 9.17) is 16.1 Å². The first kappa shape index (κ1) is 29.3. The van der Waals surface area contributed by atoms with Gasteiger partial charge in [0.25, 0.3) is 5.91 Å². The number of hydrogen-bond acceptors (Lipinski definition) is 7. The highest BCUT2D eigenvalue weighted by Crippen LogP contribution is 2.42. The third-order valence-corrected chi connectivity index (χ3v) is 9.79. The normalized spacial score (nSPS) is 21.0. The number of ether oxygens (including phenoxy) is 1. The average molecular weight is 639 g/mol. The minimum absolute atomic E-state index is 0.0867. The Balaban J connectivity index is 1.32. The van der Waals surface area contributed by atoms with Crippen LogP contribution in [-0.2, 0) is 6.54 Å². The Bertz CT molecular complexity index is 2180. The van der Waals surface area contributed by atoms with Gasteiger partial charge in [0.2, 0.25) is 0 Å². The van der Waals surface area contributed by atoms with Crippen LogP contribution in [0, 0.1) is 24.0 Å². The summed E-state index contributed by atoms with van der Waals surface area (Å²) < 4.78 is 54.2. The van der Waals surface area contributed by atoms with E-state index in [9.17, 15) is 18.7 Å². The monoisotopic (exact) mass is 638 g/mol. The molecule has 0 radical (unpaired) electrons. The van der Waals surface area contributed by atoms with Gasteiger partial charge in [0.05, 0.1) is 16.8 Å². The fourth-order valence-electron chi connectivity index (χ4n) is 7.53. The smallest absolute Gasteiger partial charge is 0.317 e. The number of fused-ring (bicyclic) bond motifs is 4. The van der Waals surface area contributed by atoms with E-state index in [0.717, 1.165) is 19.4 Å². The van der Waals surface area contributed by atoms with Crippen molar-refractivity contribution in [2.75, 3.05) is 33.3 Å². The second-order valence-corrected chi connectivity index (χ2v) is 12.5. The third-order valence-electron chi connectivity index (χ3n) is 9.79.